The zero-order chi connectivity index (χ0) is 12.2. The van der Waals surface area contributed by atoms with Gasteiger partial charge >= 0.3 is 0 Å². The van der Waals surface area contributed by atoms with Gasteiger partial charge in [0.05, 0.1) is 0 Å². The average molecular weight is 239 g/mol. The summed E-state index contributed by atoms with van der Waals surface area (Å²) in [5, 5.41) is 3.34. The fraction of sp³-hybridized carbons (Fsp3) is 0.714. The van der Waals surface area contributed by atoms with Crippen LogP contribution in [0.5, 0.6) is 0 Å². The molecule has 2 heteroatoms. The molecular weight excluding hydrogens is 214 g/mol. The van der Waals surface area contributed by atoms with Gasteiger partial charge in [0.25, 0.3) is 0 Å². The highest BCUT2D eigenvalue weighted by molar-refractivity contribution is 7.11. The monoisotopic (exact) mass is 239 g/mol. The maximum Gasteiger partial charge on any atom is 0.00541 e. The van der Waals surface area contributed by atoms with Crippen LogP contribution < -0.4 is 5.32 Å². The zero-order valence-corrected chi connectivity index (χ0v) is 12.1. The molecule has 0 amide bonds. The number of rotatable bonds is 6. The molecule has 0 bridgehead atoms. The Balaban J connectivity index is 2.75. The molecule has 0 aliphatic heterocycles. The second-order valence-corrected chi connectivity index (χ2v) is 6.49. The Morgan fingerprint density at radius 1 is 1.31 bits per heavy atom. The van der Waals surface area contributed by atoms with Crippen LogP contribution in [-0.4, -0.2) is 13.6 Å². The highest BCUT2D eigenvalue weighted by atomic mass is 32.1. The molecule has 1 atom stereocenters. The molecule has 1 aromatic rings. The highest BCUT2D eigenvalue weighted by Gasteiger charge is 2.28. The lowest BCUT2D eigenvalue weighted by molar-refractivity contribution is 0.214. The van der Waals surface area contributed by atoms with Crippen molar-refractivity contribution < 1.29 is 0 Å². The summed E-state index contributed by atoms with van der Waals surface area (Å²) in [5.41, 5.74) is 0.366. The molecule has 1 N–H and O–H groups in total. The highest BCUT2D eigenvalue weighted by Crippen LogP contribution is 2.33. The Hall–Kier alpha value is -0.340. The van der Waals surface area contributed by atoms with Gasteiger partial charge in [-0.15, -0.1) is 11.3 Å². The number of nitrogens with one attached hydrogen (secondary N) is 1. The van der Waals surface area contributed by atoms with Crippen molar-refractivity contribution in [3.8, 4) is 0 Å². The summed E-state index contributed by atoms with van der Waals surface area (Å²) >= 11 is 1.98. The molecule has 1 heterocycles. The van der Waals surface area contributed by atoms with Crippen LogP contribution in [0.2, 0.25) is 0 Å². The van der Waals surface area contributed by atoms with E-state index in [2.05, 4.69) is 45.1 Å². The molecule has 0 aromatic carbocycles. The largest absolute Gasteiger partial charge is 0.319 e. The number of aryl methyl sites for hydroxylation is 1. The Morgan fingerprint density at radius 2 is 1.94 bits per heavy atom. The van der Waals surface area contributed by atoms with Gasteiger partial charge in [-0.3, -0.25) is 0 Å². The van der Waals surface area contributed by atoms with Crippen molar-refractivity contribution in [1.29, 1.82) is 0 Å². The molecule has 1 rings (SSSR count). The maximum atomic E-state index is 3.34. The first-order valence-electron chi connectivity index (χ1n) is 6.24. The molecule has 0 aliphatic carbocycles. The van der Waals surface area contributed by atoms with E-state index < -0.39 is 0 Å². The minimum Gasteiger partial charge on any atom is -0.319 e. The Kier molecular flexibility index (Phi) is 5.00. The van der Waals surface area contributed by atoms with Crippen LogP contribution in [-0.2, 0) is 12.8 Å². The number of hydrogen-bond donors (Lipinski definition) is 1. The molecule has 92 valence electrons. The van der Waals surface area contributed by atoms with Crippen LogP contribution >= 0.6 is 11.3 Å². The van der Waals surface area contributed by atoms with E-state index in [9.17, 15) is 0 Å². The molecule has 0 fully saturated rings. The molecule has 0 aliphatic rings. The summed E-state index contributed by atoms with van der Waals surface area (Å²) in [6.45, 7) is 10.4. The molecule has 0 radical (unpaired) electrons. The van der Waals surface area contributed by atoms with Gasteiger partial charge in [0.15, 0.2) is 0 Å². The normalized spacial score (nSPS) is 15.4. The first-order chi connectivity index (χ1) is 7.51. The number of hydrogen-bond acceptors (Lipinski definition) is 2. The van der Waals surface area contributed by atoms with Crippen LogP contribution in [0, 0.1) is 11.3 Å². The summed E-state index contributed by atoms with van der Waals surface area (Å²) < 4.78 is 0. The van der Waals surface area contributed by atoms with Crippen molar-refractivity contribution in [2.24, 2.45) is 11.3 Å². The molecule has 16 heavy (non-hydrogen) atoms. The van der Waals surface area contributed by atoms with Crippen molar-refractivity contribution in [1.82, 2.24) is 5.32 Å². The predicted molar refractivity (Wildman–Crippen MR) is 74.3 cm³/mol. The molecule has 0 saturated carbocycles. The lowest BCUT2D eigenvalue weighted by Gasteiger charge is -2.33. The van der Waals surface area contributed by atoms with Crippen LogP contribution in [0.15, 0.2) is 12.1 Å². The van der Waals surface area contributed by atoms with Crippen molar-refractivity contribution in [2.45, 2.75) is 40.5 Å². The average Bonchev–Trinajstić information content (AvgIpc) is 2.65. The van der Waals surface area contributed by atoms with E-state index in [-0.39, 0.29) is 0 Å². The fourth-order valence-corrected chi connectivity index (χ4v) is 3.14. The Bertz CT molecular complexity index is 316. The fourth-order valence-electron chi connectivity index (χ4n) is 1.98. The minimum atomic E-state index is 0.366. The Morgan fingerprint density at radius 3 is 2.38 bits per heavy atom. The van der Waals surface area contributed by atoms with Crippen LogP contribution in [0.4, 0.5) is 0 Å². The van der Waals surface area contributed by atoms with Gasteiger partial charge in [-0.1, -0.05) is 27.7 Å². The van der Waals surface area contributed by atoms with Crippen molar-refractivity contribution in [3.05, 3.63) is 21.9 Å². The van der Waals surface area contributed by atoms with Gasteiger partial charge in [-0.2, -0.15) is 0 Å². The molecule has 0 saturated heterocycles. The molecule has 0 spiro atoms. The van der Waals surface area contributed by atoms with Crippen LogP contribution in [0.25, 0.3) is 0 Å². The smallest absolute Gasteiger partial charge is 0.00541 e. The molecule has 1 unspecified atom stereocenters. The quantitative estimate of drug-likeness (QED) is 0.797. The summed E-state index contributed by atoms with van der Waals surface area (Å²) in [6.07, 6.45) is 2.35. The summed E-state index contributed by atoms with van der Waals surface area (Å²) in [5.74, 6) is 0.701. The third kappa shape index (κ3) is 3.33. The third-order valence-electron chi connectivity index (χ3n) is 3.62. The molecule has 1 nitrogen and oxygen atoms in total. The summed E-state index contributed by atoms with van der Waals surface area (Å²) in [7, 11) is 2.05. The third-order valence-corrected chi connectivity index (χ3v) is 4.85. The van der Waals surface area contributed by atoms with E-state index in [1.165, 1.54) is 16.2 Å². The standard InChI is InChI=1S/C14H25NS/c1-6-12-7-8-13(16-12)9-14(4,10-15-5)11(2)3/h7-8,11,15H,6,9-10H2,1-5H3. The first kappa shape index (κ1) is 13.7. The van der Waals surface area contributed by atoms with Crippen LogP contribution in [0.3, 0.4) is 0 Å². The van der Waals surface area contributed by atoms with Crippen molar-refractivity contribution in [3.63, 3.8) is 0 Å². The van der Waals surface area contributed by atoms with Gasteiger partial charge < -0.3 is 5.32 Å². The van der Waals surface area contributed by atoms with Crippen LogP contribution in [0.1, 0.15) is 37.4 Å². The van der Waals surface area contributed by atoms with Gasteiger partial charge in [0.2, 0.25) is 0 Å². The van der Waals surface area contributed by atoms with E-state index in [1.807, 2.05) is 18.4 Å². The SMILES string of the molecule is CCc1ccc(CC(C)(CNC)C(C)C)s1. The zero-order valence-electron chi connectivity index (χ0n) is 11.3. The van der Waals surface area contributed by atoms with Gasteiger partial charge in [-0.25, -0.2) is 0 Å². The van der Waals surface area contributed by atoms with Crippen molar-refractivity contribution >= 4 is 11.3 Å². The van der Waals surface area contributed by atoms with Gasteiger partial charge in [-0.05, 0) is 43.4 Å². The van der Waals surface area contributed by atoms with Crippen molar-refractivity contribution in [2.75, 3.05) is 13.6 Å². The summed E-state index contributed by atoms with van der Waals surface area (Å²) in [4.78, 5) is 3.04. The first-order valence-corrected chi connectivity index (χ1v) is 7.05. The van der Waals surface area contributed by atoms with E-state index in [4.69, 9.17) is 0 Å². The Labute approximate surface area is 104 Å². The minimum absolute atomic E-state index is 0.366. The molecular formula is C14H25NS. The van der Waals surface area contributed by atoms with Gasteiger partial charge in [0, 0.05) is 16.3 Å². The molecule has 1 aromatic heterocycles. The maximum absolute atomic E-state index is 3.34. The summed E-state index contributed by atoms with van der Waals surface area (Å²) in [6, 6.07) is 4.58. The van der Waals surface area contributed by atoms with E-state index in [1.54, 1.807) is 0 Å². The predicted octanol–water partition coefficient (Wildman–Crippen LogP) is 3.73. The lowest BCUT2D eigenvalue weighted by atomic mass is 9.76. The second-order valence-electron chi connectivity index (χ2n) is 5.24. The van der Waals surface area contributed by atoms with E-state index >= 15 is 0 Å². The van der Waals surface area contributed by atoms with E-state index in [0.29, 0.717) is 11.3 Å². The lowest BCUT2D eigenvalue weighted by Crippen LogP contribution is -2.36. The number of thiophene rings is 1. The second kappa shape index (κ2) is 5.83. The van der Waals surface area contributed by atoms with Gasteiger partial charge in [0.1, 0.15) is 0 Å². The topological polar surface area (TPSA) is 12.0 Å². The van der Waals surface area contributed by atoms with E-state index in [0.717, 1.165) is 13.0 Å².